The Morgan fingerprint density at radius 2 is 0.610 bits per heavy atom. The second-order valence-electron chi connectivity index (χ2n) is 7.71. The summed E-state index contributed by atoms with van der Waals surface area (Å²) < 4.78 is 29.0. The van der Waals surface area contributed by atoms with Crippen LogP contribution in [0.3, 0.4) is 0 Å². The fourth-order valence-electron chi connectivity index (χ4n) is 1.46. The fraction of sp³-hybridized carbons (Fsp3) is 0.714. The molecule has 0 aliphatic heterocycles. The fourth-order valence-corrected chi connectivity index (χ4v) is 4.24. The maximum atomic E-state index is 11.7. The summed E-state index contributed by atoms with van der Waals surface area (Å²) in [7, 11) is -4.96. The predicted octanol–water partition coefficient (Wildman–Crippen LogP) is 4.77. The van der Waals surface area contributed by atoms with Crippen LogP contribution in [0.5, 0.6) is 0 Å². The van der Waals surface area contributed by atoms with Gasteiger partial charge in [0.05, 0.1) is 31.5 Å². The molecule has 0 fully saturated rings. The summed E-state index contributed by atoms with van der Waals surface area (Å²) in [6.45, 7) is 9.60. The summed E-state index contributed by atoms with van der Waals surface area (Å²) in [6, 6.07) is 0. The van der Waals surface area contributed by atoms with Crippen LogP contribution in [0.15, 0.2) is 0 Å². The molecular weight excluding hydrogens is 699 g/mol. The summed E-state index contributed by atoms with van der Waals surface area (Å²) in [5.74, 6) is -4.48. The van der Waals surface area contributed by atoms with Gasteiger partial charge >= 0.3 is 53.0 Å². The Morgan fingerprint density at radius 1 is 0.439 bits per heavy atom. The highest BCUT2D eigenvalue weighted by Crippen LogP contribution is 2.43. The van der Waals surface area contributed by atoms with Crippen LogP contribution in [0, 0.1) is 0 Å². The zero-order valence-electron chi connectivity index (χ0n) is 23.1. The van der Waals surface area contributed by atoms with Gasteiger partial charge in [-0.3, -0.25) is 28.8 Å². The van der Waals surface area contributed by atoms with Gasteiger partial charge < -0.3 is 27.1 Å². The van der Waals surface area contributed by atoms with Crippen molar-refractivity contribution < 1.29 is 55.9 Å². The van der Waals surface area contributed by atoms with Crippen molar-refractivity contribution in [3.8, 4) is 0 Å². The average Bonchev–Trinajstić information content (AvgIpc) is 2.90. The van der Waals surface area contributed by atoms with Gasteiger partial charge in [0, 0.05) is 0 Å². The Kier molecular flexibility index (Phi) is 24.3. The normalized spacial score (nSPS) is 16.4. The van der Waals surface area contributed by atoms with Gasteiger partial charge in [-0.15, -0.1) is 0 Å². The van der Waals surface area contributed by atoms with E-state index in [0.717, 1.165) is 0 Å². The summed E-state index contributed by atoms with van der Waals surface area (Å²) >= 11 is 23.6. The molecule has 0 bridgehead atoms. The third-order valence-electron chi connectivity index (χ3n) is 3.99. The zero-order chi connectivity index (χ0) is 32.4. The van der Waals surface area contributed by atoms with Gasteiger partial charge in [-0.05, 0) is 40.0 Å². The van der Waals surface area contributed by atoms with E-state index in [-0.39, 0.29) is 0 Å². The quantitative estimate of drug-likeness (QED) is 0.101. The third kappa shape index (κ3) is 19.6. The van der Waals surface area contributed by atoms with Crippen molar-refractivity contribution in [1.82, 2.24) is 0 Å². The Bertz CT molecular complexity index is 771. The Hall–Kier alpha value is -0.220. The van der Waals surface area contributed by atoms with E-state index in [1.54, 1.807) is 20.8 Å². The van der Waals surface area contributed by atoms with Crippen molar-refractivity contribution in [2.75, 3.05) is 0 Å². The molecule has 6 atom stereocenters. The molecule has 0 aliphatic carbocycles. The molecule has 0 aromatic heterocycles. The van der Waals surface area contributed by atoms with E-state index in [2.05, 4.69) is 75.8 Å². The molecule has 0 rings (SSSR count). The molecule has 20 heteroatoms. The number of rotatable bonds is 15. The molecule has 0 aromatic carbocycles. The first-order valence-corrected chi connectivity index (χ1v) is 17.2. The molecule has 12 nitrogen and oxygen atoms in total. The predicted molar refractivity (Wildman–Crippen MR) is 175 cm³/mol. The number of hydrogen-bond donors (Lipinski definition) is 6. The number of carbonyl (C=O) groups excluding carboxylic acids is 6. The second-order valence-corrected chi connectivity index (χ2v) is 13.9. The molecule has 41 heavy (non-hydrogen) atoms. The van der Waals surface area contributed by atoms with Gasteiger partial charge in [0.1, 0.15) is 0 Å². The van der Waals surface area contributed by atoms with E-state index in [1.165, 1.54) is 20.8 Å². The second kappa shape index (κ2) is 23.2. The lowest BCUT2D eigenvalue weighted by Crippen LogP contribution is -2.22. The topological polar surface area (TPSA) is 158 Å². The van der Waals surface area contributed by atoms with Crippen molar-refractivity contribution in [1.29, 1.82) is 0 Å². The Balaban J connectivity index is 0. The monoisotopic (exact) mass is 734 g/mol. The van der Waals surface area contributed by atoms with E-state index in [9.17, 15) is 28.8 Å². The van der Waals surface area contributed by atoms with E-state index in [1.807, 2.05) is 0 Å². The SMILES string of the molecule is CC(S)C(=O)OP(OC(=O)C(C)S)OC(=O)C(C)S.CCC(S)C(=O)OP(OC(=O)C(S)CC)OC(=O)C(S)CC. The molecule has 6 unspecified atom stereocenters. The summed E-state index contributed by atoms with van der Waals surface area (Å²) in [4.78, 5) is 69.2. The van der Waals surface area contributed by atoms with E-state index < -0.39 is 84.5 Å². The third-order valence-corrected chi connectivity index (χ3v) is 8.32. The van der Waals surface area contributed by atoms with E-state index in [0.29, 0.717) is 19.3 Å². The molecule has 0 saturated heterocycles. The van der Waals surface area contributed by atoms with Crippen molar-refractivity contribution >= 4 is 129 Å². The minimum atomic E-state index is -2.49. The zero-order valence-corrected chi connectivity index (χ0v) is 30.2. The number of hydrogen-bond acceptors (Lipinski definition) is 18. The molecular formula is C21H36O12P2S6. The smallest absolute Gasteiger partial charge is 0.374 e. The van der Waals surface area contributed by atoms with Gasteiger partial charge in [0.15, 0.2) is 0 Å². The molecule has 0 spiro atoms. The summed E-state index contributed by atoms with van der Waals surface area (Å²) in [5.41, 5.74) is 0. The van der Waals surface area contributed by atoms with E-state index >= 15 is 0 Å². The van der Waals surface area contributed by atoms with Crippen LogP contribution < -0.4 is 0 Å². The lowest BCUT2D eigenvalue weighted by atomic mass is 10.3. The van der Waals surface area contributed by atoms with Crippen LogP contribution in [0.4, 0.5) is 0 Å². The molecule has 0 amide bonds. The lowest BCUT2D eigenvalue weighted by molar-refractivity contribution is -0.144. The standard InChI is InChI=1S/C12H21O6PS3.C9H15O6PS3/c1-4-7(20)10(13)16-19(17-11(14)8(21)5-2)18-12(15)9(22)6-3;1-4(17)7(10)13-16(14-8(11)5(2)18)15-9(12)6(3)19/h7-9,20-22H,4-6H2,1-3H3;4-6,17-19H,1-3H3. The first-order chi connectivity index (χ1) is 18.9. The van der Waals surface area contributed by atoms with Crippen molar-refractivity contribution in [2.45, 2.75) is 92.3 Å². The van der Waals surface area contributed by atoms with Crippen LogP contribution in [-0.4, -0.2) is 67.3 Å². The molecule has 0 aliphatic rings. The average molecular weight is 735 g/mol. The van der Waals surface area contributed by atoms with Gasteiger partial charge in [-0.2, -0.15) is 75.8 Å². The minimum Gasteiger partial charge on any atom is -0.374 e. The molecule has 0 N–H and O–H groups in total. The minimum absolute atomic E-state index is 0.418. The maximum Gasteiger partial charge on any atom is 0.537 e. The van der Waals surface area contributed by atoms with E-state index in [4.69, 9.17) is 27.1 Å². The number of carbonyl (C=O) groups is 6. The molecule has 0 heterocycles. The van der Waals surface area contributed by atoms with Crippen LogP contribution in [-0.2, 0) is 55.9 Å². The highest BCUT2D eigenvalue weighted by Gasteiger charge is 2.33. The first kappa shape index (κ1) is 42.9. The highest BCUT2D eigenvalue weighted by molar-refractivity contribution is 7.82. The van der Waals surface area contributed by atoms with Crippen molar-refractivity contribution in [3.63, 3.8) is 0 Å². The highest BCUT2D eigenvalue weighted by atomic mass is 32.1. The van der Waals surface area contributed by atoms with Crippen molar-refractivity contribution in [3.05, 3.63) is 0 Å². The van der Waals surface area contributed by atoms with Gasteiger partial charge in [0.2, 0.25) is 0 Å². The summed E-state index contributed by atoms with van der Waals surface area (Å²) in [5, 5.41) is -4.33. The van der Waals surface area contributed by atoms with Crippen LogP contribution >= 0.6 is 93.0 Å². The number of thiol groups is 6. The molecule has 238 valence electrons. The Morgan fingerprint density at radius 3 is 0.756 bits per heavy atom. The van der Waals surface area contributed by atoms with Gasteiger partial charge in [-0.1, -0.05) is 20.8 Å². The van der Waals surface area contributed by atoms with Crippen LogP contribution in [0.2, 0.25) is 0 Å². The largest absolute Gasteiger partial charge is 0.537 e. The van der Waals surface area contributed by atoms with Crippen LogP contribution in [0.1, 0.15) is 60.8 Å². The van der Waals surface area contributed by atoms with Gasteiger partial charge in [0.25, 0.3) is 0 Å². The first-order valence-electron chi connectivity index (χ1n) is 11.9. The Labute approximate surface area is 275 Å². The molecule has 0 saturated carbocycles. The van der Waals surface area contributed by atoms with Crippen LogP contribution in [0.25, 0.3) is 0 Å². The van der Waals surface area contributed by atoms with Crippen molar-refractivity contribution in [2.24, 2.45) is 0 Å². The lowest BCUT2D eigenvalue weighted by Gasteiger charge is -2.18. The summed E-state index contributed by atoms with van der Waals surface area (Å²) in [6.07, 6.45) is 1.25. The molecule has 0 aromatic rings. The molecule has 0 radical (unpaired) electrons. The maximum absolute atomic E-state index is 11.7. The van der Waals surface area contributed by atoms with Gasteiger partial charge in [-0.25, -0.2) is 0 Å².